The highest BCUT2D eigenvalue weighted by molar-refractivity contribution is 4.48. The fourth-order valence-corrected chi connectivity index (χ4v) is 4.89. The quantitative estimate of drug-likeness (QED) is 0.0857. The molecular weight excluding hydrogens is 732 g/mol. The van der Waals surface area contributed by atoms with E-state index in [-0.39, 0.29) is 6.61 Å². The zero-order valence-electron chi connectivity index (χ0n) is 35.4. The molecule has 15 heteroatoms. The van der Waals surface area contributed by atoms with Gasteiger partial charge in [-0.2, -0.15) is 0 Å². The SMILES string of the molecule is CCCCCCCCCCCCCOCCOCCOCCOCCOCCOCCOCCOCCOCCOCCOCCOCCOCCOCCO. The van der Waals surface area contributed by atoms with Crippen LogP contribution in [0.1, 0.15) is 77.6 Å². The molecule has 338 valence electrons. The van der Waals surface area contributed by atoms with E-state index in [0.717, 1.165) is 13.0 Å². The van der Waals surface area contributed by atoms with Gasteiger partial charge in [-0.15, -0.1) is 0 Å². The molecule has 0 heterocycles. The van der Waals surface area contributed by atoms with Crippen LogP contribution in [0, 0.1) is 0 Å². The topological polar surface area (TPSA) is 149 Å². The molecule has 1 N–H and O–H groups in total. The van der Waals surface area contributed by atoms with Crippen molar-refractivity contribution < 1.29 is 71.4 Å². The number of hydrogen-bond donors (Lipinski definition) is 1. The minimum absolute atomic E-state index is 0.0246. The van der Waals surface area contributed by atoms with Crippen LogP contribution in [-0.4, -0.2) is 197 Å². The molecule has 0 amide bonds. The summed E-state index contributed by atoms with van der Waals surface area (Å²) in [5.41, 5.74) is 0. The summed E-state index contributed by atoms with van der Waals surface area (Å²) in [7, 11) is 0. The third kappa shape index (κ3) is 53.4. The third-order valence-electron chi connectivity index (χ3n) is 7.96. The smallest absolute Gasteiger partial charge is 0.0701 e. The molecule has 0 rings (SSSR count). The summed E-state index contributed by atoms with van der Waals surface area (Å²) >= 11 is 0. The summed E-state index contributed by atoms with van der Waals surface area (Å²) in [5.74, 6) is 0. The molecule has 56 heavy (non-hydrogen) atoms. The van der Waals surface area contributed by atoms with E-state index in [9.17, 15) is 0 Å². The first-order valence-corrected chi connectivity index (χ1v) is 21.6. The number of ether oxygens (including phenoxy) is 14. The Labute approximate surface area is 340 Å². The van der Waals surface area contributed by atoms with Gasteiger partial charge in [-0.1, -0.05) is 71.1 Å². The Morgan fingerprint density at radius 1 is 0.196 bits per heavy atom. The summed E-state index contributed by atoms with van der Waals surface area (Å²) in [5, 5.41) is 8.59. The molecule has 0 aliphatic heterocycles. The lowest BCUT2D eigenvalue weighted by molar-refractivity contribution is -0.0297. The average molecular weight is 817 g/mol. The minimum Gasteiger partial charge on any atom is -0.394 e. The van der Waals surface area contributed by atoms with Crippen molar-refractivity contribution in [2.75, 3.05) is 192 Å². The molecule has 0 spiro atoms. The Morgan fingerprint density at radius 2 is 0.357 bits per heavy atom. The number of hydrogen-bond acceptors (Lipinski definition) is 15. The summed E-state index contributed by atoms with van der Waals surface area (Å²) < 4.78 is 76.6. The van der Waals surface area contributed by atoms with Crippen LogP contribution in [0.25, 0.3) is 0 Å². The van der Waals surface area contributed by atoms with Crippen LogP contribution >= 0.6 is 0 Å². The molecule has 0 aromatic carbocycles. The van der Waals surface area contributed by atoms with Crippen LogP contribution in [0.2, 0.25) is 0 Å². The van der Waals surface area contributed by atoms with Crippen molar-refractivity contribution in [2.45, 2.75) is 77.6 Å². The van der Waals surface area contributed by atoms with Gasteiger partial charge in [0.15, 0.2) is 0 Å². The summed E-state index contributed by atoms with van der Waals surface area (Å²) in [6.07, 6.45) is 14.8. The third-order valence-corrected chi connectivity index (χ3v) is 7.96. The van der Waals surface area contributed by atoms with Crippen LogP contribution in [-0.2, 0) is 66.3 Å². The fraction of sp³-hybridized carbons (Fsp3) is 1.00. The zero-order valence-corrected chi connectivity index (χ0v) is 35.4. The Bertz CT molecular complexity index is 614. The van der Waals surface area contributed by atoms with Gasteiger partial charge in [-0.05, 0) is 6.42 Å². The van der Waals surface area contributed by atoms with Gasteiger partial charge in [0, 0.05) is 6.61 Å². The molecule has 0 saturated carbocycles. The van der Waals surface area contributed by atoms with Gasteiger partial charge in [-0.25, -0.2) is 0 Å². The summed E-state index contributed by atoms with van der Waals surface area (Å²) in [6.45, 7) is 17.0. The second kappa shape index (κ2) is 54.4. The zero-order chi connectivity index (χ0) is 40.2. The van der Waals surface area contributed by atoms with Crippen LogP contribution in [0.5, 0.6) is 0 Å². The van der Waals surface area contributed by atoms with Crippen LogP contribution in [0.3, 0.4) is 0 Å². The Hall–Kier alpha value is -0.600. The van der Waals surface area contributed by atoms with Gasteiger partial charge in [0.1, 0.15) is 0 Å². The van der Waals surface area contributed by atoms with Crippen molar-refractivity contribution in [3.63, 3.8) is 0 Å². The van der Waals surface area contributed by atoms with E-state index in [1.54, 1.807) is 0 Å². The van der Waals surface area contributed by atoms with Crippen molar-refractivity contribution >= 4 is 0 Å². The molecule has 0 saturated heterocycles. The molecule has 15 nitrogen and oxygen atoms in total. The molecule has 0 atom stereocenters. The monoisotopic (exact) mass is 817 g/mol. The van der Waals surface area contributed by atoms with E-state index < -0.39 is 0 Å². The van der Waals surface area contributed by atoms with E-state index >= 15 is 0 Å². The largest absolute Gasteiger partial charge is 0.394 e. The van der Waals surface area contributed by atoms with E-state index in [0.29, 0.717) is 178 Å². The van der Waals surface area contributed by atoms with Crippen molar-refractivity contribution in [1.82, 2.24) is 0 Å². The van der Waals surface area contributed by atoms with Crippen molar-refractivity contribution in [2.24, 2.45) is 0 Å². The molecule has 0 aromatic heterocycles. The second-order valence-electron chi connectivity index (χ2n) is 12.8. The summed E-state index contributed by atoms with van der Waals surface area (Å²) in [6, 6.07) is 0. The number of unbranched alkanes of at least 4 members (excludes halogenated alkanes) is 10. The first kappa shape index (κ1) is 55.4. The molecule has 0 bridgehead atoms. The summed E-state index contributed by atoms with van der Waals surface area (Å²) in [4.78, 5) is 0. The van der Waals surface area contributed by atoms with Crippen LogP contribution in [0.15, 0.2) is 0 Å². The van der Waals surface area contributed by atoms with Gasteiger partial charge in [0.25, 0.3) is 0 Å². The van der Waals surface area contributed by atoms with Gasteiger partial charge >= 0.3 is 0 Å². The van der Waals surface area contributed by atoms with Crippen molar-refractivity contribution in [1.29, 1.82) is 0 Å². The highest BCUT2D eigenvalue weighted by atomic mass is 16.6. The van der Waals surface area contributed by atoms with Gasteiger partial charge in [0.2, 0.25) is 0 Å². The van der Waals surface area contributed by atoms with Crippen molar-refractivity contribution in [3.8, 4) is 0 Å². The van der Waals surface area contributed by atoms with Crippen LogP contribution < -0.4 is 0 Å². The van der Waals surface area contributed by atoms with E-state index in [1.165, 1.54) is 64.2 Å². The van der Waals surface area contributed by atoms with Gasteiger partial charge in [-0.3, -0.25) is 0 Å². The number of rotatable bonds is 53. The highest BCUT2D eigenvalue weighted by Gasteiger charge is 1.98. The molecule has 0 aromatic rings. The minimum atomic E-state index is 0.0246. The Kier molecular flexibility index (Phi) is 53.8. The highest BCUT2D eigenvalue weighted by Crippen LogP contribution is 2.11. The van der Waals surface area contributed by atoms with E-state index in [1.807, 2.05) is 0 Å². The fourth-order valence-electron chi connectivity index (χ4n) is 4.89. The Morgan fingerprint density at radius 3 is 0.554 bits per heavy atom. The predicted octanol–water partition coefficient (Wildman–Crippen LogP) is 4.52. The van der Waals surface area contributed by atoms with E-state index in [2.05, 4.69) is 6.92 Å². The maximum Gasteiger partial charge on any atom is 0.0701 e. The molecule has 0 unspecified atom stereocenters. The van der Waals surface area contributed by atoms with Gasteiger partial charge < -0.3 is 71.4 Å². The normalized spacial score (nSPS) is 11.7. The molecule has 0 fully saturated rings. The Balaban J connectivity index is 3.05. The predicted molar refractivity (Wildman–Crippen MR) is 215 cm³/mol. The second-order valence-corrected chi connectivity index (χ2v) is 12.8. The average Bonchev–Trinajstić information content (AvgIpc) is 3.21. The lowest BCUT2D eigenvalue weighted by atomic mass is 10.1. The van der Waals surface area contributed by atoms with E-state index in [4.69, 9.17) is 71.4 Å². The molecule has 0 aliphatic rings. The lowest BCUT2D eigenvalue weighted by Crippen LogP contribution is -2.15. The maximum absolute atomic E-state index is 8.59. The lowest BCUT2D eigenvalue weighted by Gasteiger charge is -2.09. The number of aliphatic hydroxyl groups excluding tert-OH is 1. The standard InChI is InChI=1S/C41H84O15/c1-2-3-4-5-6-7-8-9-10-11-12-14-43-16-18-45-20-22-47-24-26-49-28-30-51-32-34-53-36-38-55-40-41-56-39-37-54-35-33-52-31-29-50-27-25-48-23-21-46-19-17-44-15-13-42/h42H,2-41H2,1H3. The van der Waals surface area contributed by atoms with Crippen LogP contribution in [0.4, 0.5) is 0 Å². The molecule has 0 radical (unpaired) electrons. The first-order chi connectivity index (χ1) is 27.9. The molecule has 0 aliphatic carbocycles. The molecular formula is C41H84O15. The maximum atomic E-state index is 8.59. The van der Waals surface area contributed by atoms with Gasteiger partial charge in [0.05, 0.1) is 185 Å². The first-order valence-electron chi connectivity index (χ1n) is 21.6. The number of aliphatic hydroxyl groups is 1. The van der Waals surface area contributed by atoms with Crippen molar-refractivity contribution in [3.05, 3.63) is 0 Å².